The van der Waals surface area contributed by atoms with Gasteiger partial charge in [0.15, 0.2) is 0 Å². The van der Waals surface area contributed by atoms with Crippen LogP contribution in [0, 0.1) is 0 Å². The van der Waals surface area contributed by atoms with Crippen LogP contribution in [0.15, 0.2) is 24.3 Å². The molecule has 108 valence electrons. The number of carbonyl (C=O) groups is 3. The summed E-state index contributed by atoms with van der Waals surface area (Å²) in [5, 5.41) is 14.2. The molecule has 0 aromatic heterocycles. The van der Waals surface area contributed by atoms with Crippen molar-refractivity contribution in [1.82, 2.24) is 5.32 Å². The van der Waals surface area contributed by atoms with E-state index in [1.165, 1.54) is 0 Å². The fourth-order valence-corrected chi connectivity index (χ4v) is 2.25. The highest BCUT2D eigenvalue weighted by atomic mass is 35.5. The zero-order chi connectivity index (χ0) is 15.0. The molecule has 1 unspecified atom stereocenters. The van der Waals surface area contributed by atoms with Crippen LogP contribution < -0.4 is 10.6 Å². The molecule has 20 heavy (non-hydrogen) atoms. The fraction of sp³-hybridized carbons (Fsp3) is 0.250. The average molecular weight is 317 g/mol. The van der Waals surface area contributed by atoms with Crippen LogP contribution in [0.5, 0.6) is 0 Å². The van der Waals surface area contributed by atoms with Gasteiger partial charge in [0.05, 0.1) is 5.75 Å². The average Bonchev–Trinajstić information content (AvgIpc) is 2.40. The molecule has 0 fully saturated rings. The predicted molar refractivity (Wildman–Crippen MR) is 78.0 cm³/mol. The Hall–Kier alpha value is -1.73. The van der Waals surface area contributed by atoms with Gasteiger partial charge in [0.25, 0.3) is 0 Å². The van der Waals surface area contributed by atoms with Crippen LogP contribution in [0.1, 0.15) is 0 Å². The molecular weight excluding hydrogens is 304 g/mol. The fourth-order valence-electron chi connectivity index (χ4n) is 1.27. The number of nitrogens with one attached hydrogen (secondary N) is 2. The standard InChI is InChI=1S/C12H13ClN2O4S/c13-8-1-3-9(4-2-8)15-11(17)6-20-5-10(12(18)19)14-7-16/h1-4,7,10H,5-6H2,(H,14,16)(H,15,17)(H,18,19). The van der Waals surface area contributed by atoms with Crippen LogP contribution in [0.25, 0.3) is 0 Å². The second kappa shape index (κ2) is 8.44. The molecule has 0 heterocycles. The quantitative estimate of drug-likeness (QED) is 0.627. The molecule has 0 saturated carbocycles. The number of aliphatic carboxylic acids is 1. The van der Waals surface area contributed by atoms with E-state index in [9.17, 15) is 14.4 Å². The number of thioether (sulfide) groups is 1. The number of benzene rings is 1. The second-order valence-electron chi connectivity index (χ2n) is 3.75. The number of carbonyl (C=O) groups excluding carboxylic acids is 2. The van der Waals surface area contributed by atoms with Gasteiger partial charge in [-0.15, -0.1) is 11.8 Å². The Morgan fingerprint density at radius 1 is 1.35 bits per heavy atom. The highest BCUT2D eigenvalue weighted by molar-refractivity contribution is 8.00. The minimum absolute atomic E-state index is 0.0902. The molecule has 0 spiro atoms. The lowest BCUT2D eigenvalue weighted by molar-refractivity contribution is -0.139. The van der Waals surface area contributed by atoms with Crippen molar-refractivity contribution in [3.8, 4) is 0 Å². The van der Waals surface area contributed by atoms with Crippen molar-refractivity contribution in [1.29, 1.82) is 0 Å². The van der Waals surface area contributed by atoms with Gasteiger partial charge in [-0.25, -0.2) is 4.79 Å². The molecule has 0 bridgehead atoms. The van der Waals surface area contributed by atoms with Gasteiger partial charge in [-0.1, -0.05) is 11.6 Å². The molecule has 3 N–H and O–H groups in total. The first-order valence-corrected chi connectivity index (χ1v) is 7.12. The normalized spacial score (nSPS) is 11.4. The van der Waals surface area contributed by atoms with Crippen molar-refractivity contribution >= 4 is 47.3 Å². The summed E-state index contributed by atoms with van der Waals surface area (Å²) in [5.41, 5.74) is 0.612. The maximum absolute atomic E-state index is 11.6. The number of anilines is 1. The van der Waals surface area contributed by atoms with Crippen molar-refractivity contribution in [2.75, 3.05) is 16.8 Å². The Balaban J connectivity index is 2.34. The molecule has 0 radical (unpaired) electrons. The summed E-state index contributed by atoms with van der Waals surface area (Å²) < 4.78 is 0. The van der Waals surface area contributed by atoms with E-state index in [1.54, 1.807) is 24.3 Å². The Kier molecular flexibility index (Phi) is 6.89. The summed E-state index contributed by atoms with van der Waals surface area (Å²) in [7, 11) is 0. The molecule has 0 aliphatic heterocycles. The number of carboxylic acid groups (broad SMARTS) is 1. The van der Waals surface area contributed by atoms with Crippen LogP contribution in [0.2, 0.25) is 5.02 Å². The van der Waals surface area contributed by atoms with E-state index in [1.807, 2.05) is 0 Å². The largest absolute Gasteiger partial charge is 0.480 e. The highest BCUT2D eigenvalue weighted by Gasteiger charge is 2.16. The first-order chi connectivity index (χ1) is 9.52. The SMILES string of the molecule is O=CNC(CSCC(=O)Nc1ccc(Cl)cc1)C(=O)O. The summed E-state index contributed by atoms with van der Waals surface area (Å²) in [5.74, 6) is -1.19. The van der Waals surface area contributed by atoms with Crippen LogP contribution in [-0.2, 0) is 14.4 Å². The van der Waals surface area contributed by atoms with Crippen LogP contribution >= 0.6 is 23.4 Å². The van der Waals surface area contributed by atoms with Crippen molar-refractivity contribution in [2.24, 2.45) is 0 Å². The first-order valence-electron chi connectivity index (χ1n) is 5.58. The van der Waals surface area contributed by atoms with E-state index in [0.29, 0.717) is 17.1 Å². The summed E-state index contributed by atoms with van der Waals surface area (Å²) in [6, 6.07) is 5.64. The van der Waals surface area contributed by atoms with E-state index in [4.69, 9.17) is 16.7 Å². The third-order valence-electron chi connectivity index (χ3n) is 2.21. The number of hydrogen-bond acceptors (Lipinski definition) is 4. The number of hydrogen-bond donors (Lipinski definition) is 3. The molecule has 1 aromatic carbocycles. The lowest BCUT2D eigenvalue weighted by Gasteiger charge is -2.10. The van der Waals surface area contributed by atoms with Gasteiger partial charge < -0.3 is 15.7 Å². The summed E-state index contributed by atoms with van der Waals surface area (Å²) in [6.07, 6.45) is 0.327. The Labute approximate surface area is 124 Å². The minimum atomic E-state index is -1.14. The minimum Gasteiger partial charge on any atom is -0.480 e. The lowest BCUT2D eigenvalue weighted by Crippen LogP contribution is -2.38. The number of halogens is 1. The first kappa shape index (κ1) is 16.3. The van der Waals surface area contributed by atoms with Crippen molar-refractivity contribution in [3.63, 3.8) is 0 Å². The molecule has 1 aromatic rings. The molecule has 0 aliphatic rings. The summed E-state index contributed by atoms with van der Waals surface area (Å²) in [4.78, 5) is 32.6. The predicted octanol–water partition coefficient (Wildman–Crippen LogP) is 1.21. The Morgan fingerprint density at radius 3 is 2.55 bits per heavy atom. The van der Waals surface area contributed by atoms with Crippen molar-refractivity contribution in [2.45, 2.75) is 6.04 Å². The van der Waals surface area contributed by atoms with Gasteiger partial charge in [0.1, 0.15) is 6.04 Å². The zero-order valence-corrected chi connectivity index (χ0v) is 11.9. The molecule has 2 amide bonds. The van der Waals surface area contributed by atoms with E-state index in [2.05, 4.69) is 10.6 Å². The molecule has 0 saturated heterocycles. The third-order valence-corrected chi connectivity index (χ3v) is 3.50. The van der Waals surface area contributed by atoms with Gasteiger partial charge in [0.2, 0.25) is 12.3 Å². The van der Waals surface area contributed by atoms with Gasteiger partial charge >= 0.3 is 5.97 Å². The Morgan fingerprint density at radius 2 is 2.00 bits per heavy atom. The molecule has 1 atom stereocenters. The molecule has 6 nitrogen and oxygen atoms in total. The van der Waals surface area contributed by atoms with Gasteiger partial charge in [-0.05, 0) is 24.3 Å². The van der Waals surface area contributed by atoms with Crippen molar-refractivity contribution < 1.29 is 19.5 Å². The van der Waals surface area contributed by atoms with Gasteiger partial charge in [-0.3, -0.25) is 9.59 Å². The Bertz CT molecular complexity index is 481. The van der Waals surface area contributed by atoms with Crippen LogP contribution in [0.3, 0.4) is 0 Å². The van der Waals surface area contributed by atoms with E-state index in [-0.39, 0.29) is 17.4 Å². The van der Waals surface area contributed by atoms with Gasteiger partial charge in [-0.2, -0.15) is 0 Å². The summed E-state index contributed by atoms with van der Waals surface area (Å²) in [6.45, 7) is 0. The number of amides is 2. The molecule has 1 rings (SSSR count). The molecule has 0 aliphatic carbocycles. The van der Waals surface area contributed by atoms with Gasteiger partial charge in [0, 0.05) is 16.5 Å². The van der Waals surface area contributed by atoms with Crippen LogP contribution in [0.4, 0.5) is 5.69 Å². The van der Waals surface area contributed by atoms with E-state index >= 15 is 0 Å². The molecule has 8 heteroatoms. The third kappa shape index (κ3) is 5.94. The second-order valence-corrected chi connectivity index (χ2v) is 5.21. The van der Waals surface area contributed by atoms with Crippen molar-refractivity contribution in [3.05, 3.63) is 29.3 Å². The van der Waals surface area contributed by atoms with E-state index in [0.717, 1.165) is 11.8 Å². The topological polar surface area (TPSA) is 95.5 Å². The monoisotopic (exact) mass is 316 g/mol. The van der Waals surface area contributed by atoms with E-state index < -0.39 is 12.0 Å². The summed E-state index contributed by atoms with van der Waals surface area (Å²) >= 11 is 6.84. The maximum atomic E-state index is 11.6. The lowest BCUT2D eigenvalue weighted by atomic mass is 10.3. The van der Waals surface area contributed by atoms with Crippen LogP contribution in [-0.4, -0.2) is 40.9 Å². The zero-order valence-electron chi connectivity index (χ0n) is 10.3. The number of carboxylic acids is 1. The maximum Gasteiger partial charge on any atom is 0.327 e. The number of rotatable bonds is 8. The molecular formula is C12H13ClN2O4S. The smallest absolute Gasteiger partial charge is 0.327 e. The highest BCUT2D eigenvalue weighted by Crippen LogP contribution is 2.14.